The Morgan fingerprint density at radius 2 is 1.69 bits per heavy atom. The minimum atomic E-state index is -4.44. The van der Waals surface area contributed by atoms with Crippen molar-refractivity contribution < 1.29 is 27.4 Å². The Morgan fingerprint density at radius 1 is 1.03 bits per heavy atom. The van der Waals surface area contributed by atoms with E-state index in [-0.39, 0.29) is 18.1 Å². The fraction of sp³-hybridized carbons (Fsp3) is 0.464. The van der Waals surface area contributed by atoms with Gasteiger partial charge in [-0.25, -0.2) is 4.79 Å². The minimum absolute atomic E-state index is 0.0643. The molecule has 0 spiro atoms. The molecule has 2 aromatic carbocycles. The van der Waals surface area contributed by atoms with E-state index in [0.29, 0.717) is 43.6 Å². The van der Waals surface area contributed by atoms with E-state index in [1.807, 2.05) is 57.2 Å². The van der Waals surface area contributed by atoms with Gasteiger partial charge in [0.05, 0.1) is 18.8 Å². The van der Waals surface area contributed by atoms with E-state index < -0.39 is 17.3 Å². The molecule has 0 bridgehead atoms. The molecule has 2 heterocycles. The van der Waals surface area contributed by atoms with Gasteiger partial charge < -0.3 is 18.9 Å². The van der Waals surface area contributed by atoms with E-state index in [0.717, 1.165) is 10.9 Å². The highest BCUT2D eigenvalue weighted by molar-refractivity contribution is 5.84. The lowest BCUT2D eigenvalue weighted by Gasteiger charge is -2.42. The van der Waals surface area contributed by atoms with Crippen LogP contribution in [0.5, 0.6) is 0 Å². The Labute approximate surface area is 209 Å². The van der Waals surface area contributed by atoms with Crippen LogP contribution in [0.4, 0.5) is 18.0 Å². The molecular weight excluding hydrogens is 469 g/mol. The maximum absolute atomic E-state index is 13.5. The quantitative estimate of drug-likeness (QED) is 0.391. The van der Waals surface area contributed by atoms with Gasteiger partial charge in [-0.3, -0.25) is 0 Å². The number of aromatic nitrogens is 1. The number of rotatable bonds is 5. The second kappa shape index (κ2) is 9.81. The normalized spacial score (nSPS) is 16.4. The molecule has 0 aliphatic carbocycles. The predicted octanol–water partition coefficient (Wildman–Crippen LogP) is 6.68. The van der Waals surface area contributed by atoms with Crippen LogP contribution in [0.1, 0.15) is 50.3 Å². The first-order chi connectivity index (χ1) is 16.9. The summed E-state index contributed by atoms with van der Waals surface area (Å²) in [7, 11) is 1.73. The lowest BCUT2D eigenvalue weighted by molar-refractivity contribution is -0.137. The van der Waals surface area contributed by atoms with Gasteiger partial charge in [0.25, 0.3) is 0 Å². The van der Waals surface area contributed by atoms with Crippen molar-refractivity contribution in [3.63, 3.8) is 0 Å². The first-order valence-corrected chi connectivity index (χ1v) is 12.1. The molecule has 194 valence electrons. The smallest absolute Gasteiger partial charge is 0.416 e. The van der Waals surface area contributed by atoms with Gasteiger partial charge in [0, 0.05) is 42.7 Å². The van der Waals surface area contributed by atoms with Crippen LogP contribution in [0.3, 0.4) is 0 Å². The average molecular weight is 503 g/mol. The molecule has 1 amide bonds. The van der Waals surface area contributed by atoms with E-state index in [1.165, 1.54) is 12.1 Å². The Balaban J connectivity index is 1.53. The number of carbonyl (C=O) groups is 1. The molecule has 0 saturated carbocycles. The van der Waals surface area contributed by atoms with Crippen molar-refractivity contribution in [2.45, 2.75) is 57.4 Å². The number of alkyl halides is 3. The van der Waals surface area contributed by atoms with Gasteiger partial charge in [0.15, 0.2) is 0 Å². The summed E-state index contributed by atoms with van der Waals surface area (Å²) in [5, 5.41) is 0.749. The summed E-state index contributed by atoms with van der Waals surface area (Å²) in [4.78, 5) is 14.3. The van der Waals surface area contributed by atoms with Crippen LogP contribution in [0, 0.1) is 0 Å². The standard InChI is InChI=1S/C28H33F3N2O3/c1-26(2,3)36-25(34)33-14-11-27(12-15-33,21-8-6-5-7-9-21)19-35-18-20-16-22(28(29,30)31)17-24-23(20)10-13-32(24)4/h5-10,13,16-17H,11-12,14-15,18-19H2,1-4H3. The Morgan fingerprint density at radius 3 is 2.31 bits per heavy atom. The lowest BCUT2D eigenvalue weighted by atomic mass is 9.73. The van der Waals surface area contributed by atoms with Crippen molar-refractivity contribution >= 4 is 17.0 Å². The zero-order chi connectivity index (χ0) is 26.1. The van der Waals surface area contributed by atoms with E-state index >= 15 is 0 Å². The molecule has 3 aromatic rings. The molecular formula is C28H33F3N2O3. The molecule has 0 N–H and O–H groups in total. The number of aryl methyl sites for hydroxylation is 1. The first-order valence-electron chi connectivity index (χ1n) is 12.1. The largest absolute Gasteiger partial charge is 0.444 e. The summed E-state index contributed by atoms with van der Waals surface area (Å²) in [6.07, 6.45) is -1.68. The molecule has 5 nitrogen and oxygen atoms in total. The van der Waals surface area contributed by atoms with Crippen LogP contribution < -0.4 is 0 Å². The number of amides is 1. The van der Waals surface area contributed by atoms with Crippen LogP contribution >= 0.6 is 0 Å². The van der Waals surface area contributed by atoms with E-state index in [9.17, 15) is 18.0 Å². The fourth-order valence-electron chi connectivity index (χ4n) is 4.84. The average Bonchev–Trinajstić information content (AvgIpc) is 3.19. The Kier molecular flexibility index (Phi) is 7.10. The van der Waals surface area contributed by atoms with Crippen LogP contribution in [0.25, 0.3) is 10.9 Å². The summed E-state index contributed by atoms with van der Waals surface area (Å²) >= 11 is 0. The van der Waals surface area contributed by atoms with Crippen LogP contribution in [0.2, 0.25) is 0 Å². The Bertz CT molecular complexity index is 1200. The SMILES string of the molecule is Cn1ccc2c(COCC3(c4ccccc4)CCN(C(=O)OC(C)(C)C)CC3)cc(C(F)(F)F)cc21. The maximum atomic E-state index is 13.5. The number of halogens is 3. The number of fused-ring (bicyclic) bond motifs is 1. The maximum Gasteiger partial charge on any atom is 0.416 e. The summed E-state index contributed by atoms with van der Waals surface area (Å²) in [6, 6.07) is 14.2. The van der Waals surface area contributed by atoms with Gasteiger partial charge in [0.1, 0.15) is 5.60 Å². The van der Waals surface area contributed by atoms with Crippen LogP contribution in [0.15, 0.2) is 54.7 Å². The number of hydrogen-bond acceptors (Lipinski definition) is 3. The molecule has 0 atom stereocenters. The van der Waals surface area contributed by atoms with Crippen LogP contribution in [-0.2, 0) is 34.7 Å². The van der Waals surface area contributed by atoms with Gasteiger partial charge in [0.2, 0.25) is 0 Å². The van der Waals surface area contributed by atoms with Crippen molar-refractivity contribution in [1.82, 2.24) is 9.47 Å². The molecule has 1 aromatic heterocycles. The number of carbonyl (C=O) groups excluding carboxylic acids is 1. The van der Waals surface area contributed by atoms with Crippen molar-refractivity contribution in [2.75, 3.05) is 19.7 Å². The number of benzene rings is 2. The summed E-state index contributed by atoms with van der Waals surface area (Å²) in [5.41, 5.74) is 0.530. The first kappa shape index (κ1) is 26.1. The molecule has 0 unspecified atom stereocenters. The number of ether oxygens (including phenoxy) is 2. The molecule has 1 fully saturated rings. The third-order valence-corrected chi connectivity index (χ3v) is 6.81. The highest BCUT2D eigenvalue weighted by Crippen LogP contribution is 2.38. The fourth-order valence-corrected chi connectivity index (χ4v) is 4.84. The number of nitrogens with zero attached hydrogens (tertiary/aromatic N) is 2. The van der Waals surface area contributed by atoms with Crippen molar-refractivity contribution in [1.29, 1.82) is 0 Å². The summed E-state index contributed by atoms with van der Waals surface area (Å²) in [6.45, 7) is 6.95. The van der Waals surface area contributed by atoms with E-state index in [1.54, 1.807) is 22.7 Å². The van der Waals surface area contributed by atoms with Gasteiger partial charge in [-0.2, -0.15) is 13.2 Å². The van der Waals surface area contributed by atoms with Gasteiger partial charge >= 0.3 is 12.3 Å². The lowest BCUT2D eigenvalue weighted by Crippen LogP contribution is -2.48. The van der Waals surface area contributed by atoms with Crippen molar-refractivity contribution in [3.05, 3.63) is 71.4 Å². The van der Waals surface area contributed by atoms with Gasteiger partial charge in [-0.15, -0.1) is 0 Å². The highest BCUT2D eigenvalue weighted by Gasteiger charge is 2.39. The van der Waals surface area contributed by atoms with Crippen molar-refractivity contribution in [3.8, 4) is 0 Å². The third kappa shape index (κ3) is 5.69. The summed E-state index contributed by atoms with van der Waals surface area (Å²) in [5.74, 6) is 0. The zero-order valence-corrected chi connectivity index (χ0v) is 21.2. The van der Waals surface area contributed by atoms with Gasteiger partial charge in [-0.1, -0.05) is 30.3 Å². The molecule has 8 heteroatoms. The monoisotopic (exact) mass is 502 g/mol. The van der Waals surface area contributed by atoms with E-state index in [2.05, 4.69) is 0 Å². The van der Waals surface area contributed by atoms with E-state index in [4.69, 9.17) is 9.47 Å². The number of likely N-dealkylation sites (tertiary alicyclic amines) is 1. The number of piperidine rings is 1. The second-order valence-corrected chi connectivity index (χ2v) is 10.6. The molecule has 1 aliphatic heterocycles. The molecule has 1 saturated heterocycles. The van der Waals surface area contributed by atoms with Crippen molar-refractivity contribution in [2.24, 2.45) is 7.05 Å². The zero-order valence-electron chi connectivity index (χ0n) is 21.2. The second-order valence-electron chi connectivity index (χ2n) is 10.6. The molecule has 4 rings (SSSR count). The third-order valence-electron chi connectivity index (χ3n) is 6.81. The minimum Gasteiger partial charge on any atom is -0.444 e. The summed E-state index contributed by atoms with van der Waals surface area (Å²) < 4.78 is 54.0. The predicted molar refractivity (Wildman–Crippen MR) is 133 cm³/mol. The molecule has 0 radical (unpaired) electrons. The highest BCUT2D eigenvalue weighted by atomic mass is 19.4. The molecule has 36 heavy (non-hydrogen) atoms. The number of hydrogen-bond donors (Lipinski definition) is 0. The topological polar surface area (TPSA) is 43.7 Å². The van der Waals surface area contributed by atoms with Crippen LogP contribution in [-0.4, -0.2) is 40.9 Å². The molecule has 1 aliphatic rings. The Hall–Kier alpha value is -3.00. The van der Waals surface area contributed by atoms with Gasteiger partial charge in [-0.05, 0) is 62.9 Å².